The Kier molecular flexibility index (Phi) is 8.11. The topological polar surface area (TPSA) is 91.0 Å². The zero-order chi connectivity index (χ0) is 25.8. The lowest BCUT2D eigenvalue weighted by Crippen LogP contribution is -2.45. The van der Waals surface area contributed by atoms with Gasteiger partial charge in [-0.15, -0.1) is 0 Å². The molecule has 4 rings (SSSR count). The van der Waals surface area contributed by atoms with Gasteiger partial charge in [0.05, 0.1) is 17.9 Å². The van der Waals surface area contributed by atoms with Crippen molar-refractivity contribution >= 4 is 46.5 Å². The number of hydrogen-bond donors (Lipinski definition) is 2. The number of ether oxygens (including phenoxy) is 1. The summed E-state index contributed by atoms with van der Waals surface area (Å²) in [5, 5.41) is 5.92. The molecule has 36 heavy (non-hydrogen) atoms. The number of amides is 4. The third kappa shape index (κ3) is 6.14. The molecule has 0 bridgehead atoms. The second-order valence-electron chi connectivity index (χ2n) is 9.30. The van der Waals surface area contributed by atoms with Gasteiger partial charge in [0.25, 0.3) is 0 Å². The third-order valence-corrected chi connectivity index (χ3v) is 6.48. The summed E-state index contributed by atoms with van der Waals surface area (Å²) >= 11 is 5.92. The Morgan fingerprint density at radius 3 is 2.53 bits per heavy atom. The molecule has 8 nitrogen and oxygen atoms in total. The number of urea groups is 1. The van der Waals surface area contributed by atoms with Crippen LogP contribution in [0, 0.1) is 5.82 Å². The molecule has 2 unspecified atom stereocenters. The largest absolute Gasteiger partial charge is 0.374 e. The molecule has 2 fully saturated rings. The fraction of sp³-hybridized carbons (Fsp3) is 0.423. The molecule has 2 aliphatic rings. The van der Waals surface area contributed by atoms with E-state index < -0.39 is 23.8 Å². The number of carbonyl (C=O) groups is 3. The third-order valence-electron chi connectivity index (χ3n) is 6.23. The van der Waals surface area contributed by atoms with Gasteiger partial charge in [0.2, 0.25) is 11.8 Å². The Labute approximate surface area is 214 Å². The van der Waals surface area contributed by atoms with Gasteiger partial charge in [0, 0.05) is 42.3 Å². The van der Waals surface area contributed by atoms with E-state index in [1.165, 1.54) is 17.0 Å². The van der Waals surface area contributed by atoms with Gasteiger partial charge in [0.1, 0.15) is 11.9 Å². The van der Waals surface area contributed by atoms with Crippen molar-refractivity contribution in [1.29, 1.82) is 0 Å². The minimum atomic E-state index is -0.858. The maximum Gasteiger partial charge on any atom is 0.322 e. The monoisotopic (exact) mass is 516 g/mol. The van der Waals surface area contributed by atoms with Crippen LogP contribution < -0.4 is 15.5 Å². The fourth-order valence-electron chi connectivity index (χ4n) is 4.55. The summed E-state index contributed by atoms with van der Waals surface area (Å²) in [6.45, 7) is 4.53. The first-order valence-electron chi connectivity index (χ1n) is 12.1. The molecule has 2 heterocycles. The second kappa shape index (κ2) is 11.3. The number of nitrogens with one attached hydrogen (secondary N) is 2. The van der Waals surface area contributed by atoms with Crippen LogP contribution in [0.15, 0.2) is 42.5 Å². The molecule has 0 aromatic heterocycles. The summed E-state index contributed by atoms with van der Waals surface area (Å²) in [5.74, 6) is -1.21. The lowest BCUT2D eigenvalue weighted by Gasteiger charge is -2.27. The minimum absolute atomic E-state index is 0.0144. The van der Waals surface area contributed by atoms with Gasteiger partial charge in [-0.1, -0.05) is 11.6 Å². The summed E-state index contributed by atoms with van der Waals surface area (Å²) in [4.78, 5) is 41.4. The van der Waals surface area contributed by atoms with Gasteiger partial charge < -0.3 is 25.2 Å². The lowest BCUT2D eigenvalue weighted by molar-refractivity contribution is -0.120. The van der Waals surface area contributed by atoms with Crippen LogP contribution in [0.4, 0.5) is 26.2 Å². The molecule has 10 heteroatoms. The molecule has 4 amide bonds. The zero-order valence-electron chi connectivity index (χ0n) is 20.3. The number of nitrogens with zero attached hydrogens (tertiary/aromatic N) is 2. The average Bonchev–Trinajstić information content (AvgIpc) is 3.25. The van der Waals surface area contributed by atoms with Gasteiger partial charge in [-0.25, -0.2) is 9.18 Å². The molecular weight excluding hydrogens is 487 g/mol. The fourth-order valence-corrected chi connectivity index (χ4v) is 4.68. The van der Waals surface area contributed by atoms with Crippen LogP contribution >= 0.6 is 11.6 Å². The van der Waals surface area contributed by atoms with E-state index in [0.717, 1.165) is 12.8 Å². The van der Waals surface area contributed by atoms with Crippen LogP contribution in [0.1, 0.15) is 39.5 Å². The SMILES string of the molecule is CC(C)OC1CC(C(=O)Nc2ccc(N3CCCCC3=O)cc2F)N(C(=O)Nc2ccc(Cl)cc2)C1. The Bertz CT molecular complexity index is 1130. The van der Waals surface area contributed by atoms with Gasteiger partial charge >= 0.3 is 6.03 Å². The van der Waals surface area contributed by atoms with Gasteiger partial charge in [-0.3, -0.25) is 9.59 Å². The average molecular weight is 517 g/mol. The van der Waals surface area contributed by atoms with E-state index in [4.69, 9.17) is 16.3 Å². The molecule has 2 atom stereocenters. The van der Waals surface area contributed by atoms with E-state index in [1.807, 2.05) is 13.8 Å². The molecule has 0 spiro atoms. The summed E-state index contributed by atoms with van der Waals surface area (Å²) < 4.78 is 20.8. The number of halogens is 2. The molecule has 2 aromatic rings. The summed E-state index contributed by atoms with van der Waals surface area (Å²) in [6.07, 6.45) is 1.99. The van der Waals surface area contributed by atoms with Crippen molar-refractivity contribution in [1.82, 2.24) is 4.90 Å². The Balaban J connectivity index is 1.48. The quantitative estimate of drug-likeness (QED) is 0.563. The minimum Gasteiger partial charge on any atom is -0.374 e. The molecule has 2 aromatic carbocycles. The summed E-state index contributed by atoms with van der Waals surface area (Å²) in [7, 11) is 0. The number of carbonyl (C=O) groups excluding carboxylic acids is 3. The van der Waals surface area contributed by atoms with Crippen molar-refractivity contribution in [2.75, 3.05) is 28.6 Å². The van der Waals surface area contributed by atoms with Gasteiger partial charge in [-0.05, 0) is 69.2 Å². The first-order valence-corrected chi connectivity index (χ1v) is 12.5. The highest BCUT2D eigenvalue weighted by molar-refractivity contribution is 6.30. The summed E-state index contributed by atoms with van der Waals surface area (Å²) in [6, 6.07) is 9.62. The molecule has 192 valence electrons. The molecule has 2 N–H and O–H groups in total. The Morgan fingerprint density at radius 1 is 1.11 bits per heavy atom. The van der Waals surface area contributed by atoms with Crippen molar-refractivity contribution in [3.8, 4) is 0 Å². The van der Waals surface area contributed by atoms with Crippen LogP contribution in [0.3, 0.4) is 0 Å². The first kappa shape index (κ1) is 25.9. The van der Waals surface area contributed by atoms with Crippen molar-refractivity contribution in [2.24, 2.45) is 0 Å². The van der Waals surface area contributed by atoms with Gasteiger partial charge in [0.15, 0.2) is 0 Å². The number of anilines is 3. The number of rotatable bonds is 6. The number of benzene rings is 2. The highest BCUT2D eigenvalue weighted by atomic mass is 35.5. The summed E-state index contributed by atoms with van der Waals surface area (Å²) in [5.41, 5.74) is 0.982. The molecule has 0 aliphatic carbocycles. The first-order chi connectivity index (χ1) is 17.2. The second-order valence-corrected chi connectivity index (χ2v) is 9.74. The standard InChI is InChI=1S/C26H30ClFN4O4/c1-16(2)36-20-14-23(32(15-20)26(35)29-18-8-6-17(27)7-9-18)25(34)30-22-11-10-19(13-21(22)28)31-12-4-3-5-24(31)33/h6-11,13,16,20,23H,3-5,12,14-15H2,1-2H3,(H,29,35)(H,30,34). The number of hydrogen-bond acceptors (Lipinski definition) is 4. The predicted octanol–water partition coefficient (Wildman–Crippen LogP) is 5.03. The van der Waals surface area contributed by atoms with E-state index in [0.29, 0.717) is 29.4 Å². The molecule has 0 saturated carbocycles. The van der Waals surface area contributed by atoms with Crippen molar-refractivity contribution in [3.05, 3.63) is 53.3 Å². The van der Waals surface area contributed by atoms with Crippen LogP contribution in [0.5, 0.6) is 0 Å². The van der Waals surface area contributed by atoms with Crippen LogP contribution in [0.2, 0.25) is 5.02 Å². The van der Waals surface area contributed by atoms with E-state index in [2.05, 4.69) is 10.6 Å². The zero-order valence-corrected chi connectivity index (χ0v) is 21.1. The van der Waals surface area contributed by atoms with E-state index in [9.17, 15) is 18.8 Å². The van der Waals surface area contributed by atoms with E-state index >= 15 is 0 Å². The van der Waals surface area contributed by atoms with Crippen LogP contribution in [0.25, 0.3) is 0 Å². The predicted molar refractivity (Wildman–Crippen MR) is 137 cm³/mol. The van der Waals surface area contributed by atoms with Crippen LogP contribution in [-0.2, 0) is 14.3 Å². The van der Waals surface area contributed by atoms with E-state index in [1.54, 1.807) is 35.2 Å². The number of piperidine rings is 1. The molecule has 2 aliphatic heterocycles. The van der Waals surface area contributed by atoms with Crippen molar-refractivity contribution < 1.29 is 23.5 Å². The smallest absolute Gasteiger partial charge is 0.322 e. The lowest BCUT2D eigenvalue weighted by atomic mass is 10.1. The number of likely N-dealkylation sites (tertiary alicyclic amines) is 1. The normalized spacial score (nSPS) is 20.1. The van der Waals surface area contributed by atoms with Crippen molar-refractivity contribution in [3.63, 3.8) is 0 Å². The maximum atomic E-state index is 14.9. The molecule has 0 radical (unpaired) electrons. The molecule has 2 saturated heterocycles. The van der Waals surface area contributed by atoms with E-state index in [-0.39, 0.29) is 36.8 Å². The van der Waals surface area contributed by atoms with Crippen molar-refractivity contribution in [2.45, 2.75) is 57.8 Å². The van der Waals surface area contributed by atoms with Crippen LogP contribution in [-0.4, -0.2) is 54.1 Å². The molecular formula is C26H30ClFN4O4. The highest BCUT2D eigenvalue weighted by Gasteiger charge is 2.41. The van der Waals surface area contributed by atoms with Gasteiger partial charge in [-0.2, -0.15) is 0 Å². The maximum absolute atomic E-state index is 14.9. The Morgan fingerprint density at radius 2 is 1.86 bits per heavy atom. The Hall–Kier alpha value is -3.17. The highest BCUT2D eigenvalue weighted by Crippen LogP contribution is 2.28.